The molecule has 11 rings (SSSR count). The molecular weight excluding hydrogens is 689 g/mol. The van der Waals surface area contributed by atoms with Crippen LogP contribution in [0, 0.1) is 0 Å². The summed E-state index contributed by atoms with van der Waals surface area (Å²) in [5, 5.41) is 5.13. The number of benzene rings is 9. The topological polar surface area (TPSA) is 8.17 Å². The van der Waals surface area contributed by atoms with E-state index in [1.165, 1.54) is 77.1 Å². The van der Waals surface area contributed by atoms with Gasteiger partial charge in [-0.3, -0.25) is 0 Å². The molecule has 0 amide bonds. The zero-order valence-electron chi connectivity index (χ0n) is 32.0. The van der Waals surface area contributed by atoms with Crippen molar-refractivity contribution in [3.8, 4) is 39.1 Å². The van der Waals surface area contributed by atoms with E-state index in [-0.39, 0.29) is 5.41 Å². The van der Waals surface area contributed by atoms with Crippen LogP contribution in [0.2, 0.25) is 0 Å². The highest BCUT2D eigenvalue weighted by Crippen LogP contribution is 2.53. The number of anilines is 3. The number of rotatable bonds is 6. The van der Waals surface area contributed by atoms with E-state index in [2.05, 4.69) is 230 Å². The number of aromatic nitrogens is 1. The van der Waals surface area contributed by atoms with Crippen LogP contribution in [0.25, 0.3) is 71.6 Å². The van der Waals surface area contributed by atoms with E-state index in [1.807, 2.05) is 0 Å². The first-order valence-electron chi connectivity index (χ1n) is 19.8. The van der Waals surface area contributed by atoms with E-state index in [4.69, 9.17) is 0 Å². The molecule has 270 valence electrons. The van der Waals surface area contributed by atoms with Gasteiger partial charge in [0.15, 0.2) is 0 Å². The van der Waals surface area contributed by atoms with Gasteiger partial charge in [-0.25, -0.2) is 0 Å². The SMILES string of the molecule is CC1(C)c2ccccc2-c2c1ccc1c2c2ccccc2n1-c1ccc(-c2ccc(N(c3ccccc3)c3cccc(-c4ccc5ccccc5c4)c3)cc2)cc1. The summed E-state index contributed by atoms with van der Waals surface area (Å²) in [5.74, 6) is 0. The van der Waals surface area contributed by atoms with Gasteiger partial charge in [-0.2, -0.15) is 0 Å². The summed E-state index contributed by atoms with van der Waals surface area (Å²) < 4.78 is 2.44. The van der Waals surface area contributed by atoms with Gasteiger partial charge in [0.25, 0.3) is 0 Å². The molecule has 0 unspecified atom stereocenters. The van der Waals surface area contributed by atoms with Crippen LogP contribution in [0.1, 0.15) is 25.0 Å². The van der Waals surface area contributed by atoms with Crippen LogP contribution in [0.3, 0.4) is 0 Å². The predicted octanol–water partition coefficient (Wildman–Crippen LogP) is 15.0. The molecule has 0 aliphatic heterocycles. The first-order chi connectivity index (χ1) is 28.0. The van der Waals surface area contributed by atoms with Gasteiger partial charge in [0, 0.05) is 38.9 Å². The Hall–Kier alpha value is -7.16. The highest BCUT2D eigenvalue weighted by molar-refractivity contribution is 6.18. The fourth-order valence-corrected chi connectivity index (χ4v) is 9.35. The summed E-state index contributed by atoms with van der Waals surface area (Å²) in [6, 6.07) is 75.4. The van der Waals surface area contributed by atoms with Crippen molar-refractivity contribution in [3.63, 3.8) is 0 Å². The Morgan fingerprint density at radius 3 is 1.86 bits per heavy atom. The number of hydrogen-bond acceptors (Lipinski definition) is 1. The predicted molar refractivity (Wildman–Crippen MR) is 241 cm³/mol. The van der Waals surface area contributed by atoms with Crippen LogP contribution >= 0.6 is 0 Å². The van der Waals surface area contributed by atoms with E-state index in [0.29, 0.717) is 0 Å². The largest absolute Gasteiger partial charge is 0.310 e. The van der Waals surface area contributed by atoms with Crippen molar-refractivity contribution in [2.24, 2.45) is 0 Å². The minimum atomic E-state index is -0.0411. The minimum Gasteiger partial charge on any atom is -0.310 e. The van der Waals surface area contributed by atoms with Gasteiger partial charge in [0.2, 0.25) is 0 Å². The normalized spacial score (nSPS) is 12.9. The third-order valence-electron chi connectivity index (χ3n) is 12.2. The molecule has 0 fully saturated rings. The third-order valence-corrected chi connectivity index (χ3v) is 12.2. The number of hydrogen-bond donors (Lipinski definition) is 0. The van der Waals surface area contributed by atoms with Gasteiger partial charge >= 0.3 is 0 Å². The first kappa shape index (κ1) is 33.2. The molecule has 2 nitrogen and oxygen atoms in total. The Morgan fingerprint density at radius 1 is 0.404 bits per heavy atom. The molecule has 0 saturated carbocycles. The summed E-state index contributed by atoms with van der Waals surface area (Å²) >= 11 is 0. The van der Waals surface area contributed by atoms with E-state index in [1.54, 1.807) is 0 Å². The Bertz CT molecular complexity index is 3130. The Balaban J connectivity index is 0.953. The molecule has 2 heteroatoms. The molecule has 0 bridgehead atoms. The van der Waals surface area contributed by atoms with Crippen molar-refractivity contribution in [2.75, 3.05) is 4.90 Å². The fraction of sp³-hybridized carbons (Fsp3) is 0.0545. The van der Waals surface area contributed by atoms with E-state index < -0.39 is 0 Å². The standard InChI is InChI=1S/C55H40N2/c1-55(2)49-21-10-8-19-47(49)53-50(55)33-34-52-54(53)48-20-9-11-22-51(48)57(52)45-31-27-39(28-32-45)38-25-29-44(30-26-38)56(43-16-4-3-5-17-43)46-18-12-15-41(36-46)42-24-23-37-13-6-7-14-40(37)35-42/h3-36H,1-2H3. The van der Waals surface area contributed by atoms with Crippen LogP contribution in [0.5, 0.6) is 0 Å². The smallest absolute Gasteiger partial charge is 0.0547 e. The summed E-state index contributed by atoms with van der Waals surface area (Å²) in [6.07, 6.45) is 0. The van der Waals surface area contributed by atoms with Crippen molar-refractivity contribution in [1.82, 2.24) is 4.57 Å². The summed E-state index contributed by atoms with van der Waals surface area (Å²) in [5.41, 5.74) is 17.3. The molecule has 57 heavy (non-hydrogen) atoms. The number of fused-ring (bicyclic) bond motifs is 8. The highest BCUT2D eigenvalue weighted by atomic mass is 15.1. The van der Waals surface area contributed by atoms with Crippen molar-refractivity contribution in [1.29, 1.82) is 0 Å². The fourth-order valence-electron chi connectivity index (χ4n) is 9.35. The molecule has 0 atom stereocenters. The molecule has 10 aromatic rings. The molecule has 1 aliphatic carbocycles. The second kappa shape index (κ2) is 13.0. The van der Waals surface area contributed by atoms with Gasteiger partial charge in [-0.15, -0.1) is 0 Å². The zero-order chi connectivity index (χ0) is 38.1. The van der Waals surface area contributed by atoms with Crippen molar-refractivity contribution in [3.05, 3.63) is 217 Å². The molecule has 1 aliphatic rings. The van der Waals surface area contributed by atoms with Crippen LogP contribution < -0.4 is 4.90 Å². The number of para-hydroxylation sites is 2. The molecular formula is C55H40N2. The van der Waals surface area contributed by atoms with Gasteiger partial charge < -0.3 is 9.47 Å². The lowest BCUT2D eigenvalue weighted by Crippen LogP contribution is -2.14. The van der Waals surface area contributed by atoms with Crippen LogP contribution in [0.4, 0.5) is 17.1 Å². The van der Waals surface area contributed by atoms with E-state index in [0.717, 1.165) is 22.7 Å². The van der Waals surface area contributed by atoms with Gasteiger partial charge in [-0.05, 0) is 122 Å². The average molecular weight is 729 g/mol. The summed E-state index contributed by atoms with van der Waals surface area (Å²) in [4.78, 5) is 2.34. The molecule has 1 heterocycles. The maximum atomic E-state index is 2.44. The van der Waals surface area contributed by atoms with Crippen molar-refractivity contribution in [2.45, 2.75) is 19.3 Å². The lowest BCUT2D eigenvalue weighted by Gasteiger charge is -2.26. The first-order valence-corrected chi connectivity index (χ1v) is 19.8. The molecule has 9 aromatic carbocycles. The van der Waals surface area contributed by atoms with Gasteiger partial charge in [-0.1, -0.05) is 153 Å². The lowest BCUT2D eigenvalue weighted by molar-refractivity contribution is 0.661. The molecule has 0 spiro atoms. The summed E-state index contributed by atoms with van der Waals surface area (Å²) in [6.45, 7) is 4.72. The van der Waals surface area contributed by atoms with Crippen LogP contribution in [0.15, 0.2) is 206 Å². The molecule has 0 radical (unpaired) electrons. The monoisotopic (exact) mass is 728 g/mol. The minimum absolute atomic E-state index is 0.0411. The zero-order valence-corrected chi connectivity index (χ0v) is 32.0. The van der Waals surface area contributed by atoms with Crippen molar-refractivity contribution >= 4 is 49.6 Å². The maximum Gasteiger partial charge on any atom is 0.0547 e. The van der Waals surface area contributed by atoms with Gasteiger partial charge in [0.05, 0.1) is 11.0 Å². The third kappa shape index (κ3) is 5.33. The van der Waals surface area contributed by atoms with Crippen LogP contribution in [-0.4, -0.2) is 4.57 Å². The van der Waals surface area contributed by atoms with Crippen LogP contribution in [-0.2, 0) is 5.41 Å². The molecule has 0 N–H and O–H groups in total. The Morgan fingerprint density at radius 2 is 1.04 bits per heavy atom. The second-order valence-corrected chi connectivity index (χ2v) is 15.8. The Kier molecular flexibility index (Phi) is 7.55. The second-order valence-electron chi connectivity index (χ2n) is 15.8. The lowest BCUT2D eigenvalue weighted by atomic mass is 9.82. The van der Waals surface area contributed by atoms with Crippen molar-refractivity contribution < 1.29 is 0 Å². The Labute approximate surface area is 333 Å². The highest BCUT2D eigenvalue weighted by Gasteiger charge is 2.37. The quantitative estimate of drug-likeness (QED) is 0.165. The van der Waals surface area contributed by atoms with Gasteiger partial charge in [0.1, 0.15) is 0 Å². The molecule has 1 aromatic heterocycles. The maximum absolute atomic E-state index is 2.44. The van der Waals surface area contributed by atoms with E-state index in [9.17, 15) is 0 Å². The summed E-state index contributed by atoms with van der Waals surface area (Å²) in [7, 11) is 0. The number of nitrogens with zero attached hydrogens (tertiary/aromatic N) is 2. The molecule has 0 saturated heterocycles. The van der Waals surface area contributed by atoms with E-state index >= 15 is 0 Å². The average Bonchev–Trinajstić information content (AvgIpc) is 3.73.